The largest absolute Gasteiger partial charge is 0.493 e. The summed E-state index contributed by atoms with van der Waals surface area (Å²) in [4.78, 5) is 28.9. The van der Waals surface area contributed by atoms with Crippen LogP contribution in [0.25, 0.3) is 33.5 Å². The van der Waals surface area contributed by atoms with Gasteiger partial charge in [-0.25, -0.2) is 4.98 Å². The monoisotopic (exact) mass is 586 g/mol. The highest BCUT2D eigenvalue weighted by atomic mass is 16.6. The molecule has 0 saturated carbocycles. The molecule has 6 rings (SSSR count). The van der Waals surface area contributed by atoms with Gasteiger partial charge in [0.25, 0.3) is 11.2 Å². The summed E-state index contributed by atoms with van der Waals surface area (Å²) < 4.78 is 19.1. The quantitative estimate of drug-likeness (QED) is 0.0739. The Balaban J connectivity index is 1.39. The second-order valence-electron chi connectivity index (χ2n) is 9.88. The number of methoxy groups -OCH3 is 1. The van der Waals surface area contributed by atoms with Crippen molar-refractivity contribution in [3.63, 3.8) is 0 Å². The van der Waals surface area contributed by atoms with Gasteiger partial charge in [0.2, 0.25) is 5.82 Å². The van der Waals surface area contributed by atoms with Crippen LogP contribution in [0.1, 0.15) is 16.7 Å². The smallest absolute Gasteiger partial charge is 0.282 e. The van der Waals surface area contributed by atoms with Crippen LogP contribution < -0.4 is 15.0 Å². The number of allylic oxidation sites excluding steroid dienone is 1. The number of fused-ring (bicyclic) bond motifs is 2. The molecule has 0 aliphatic heterocycles. The Morgan fingerprint density at radius 3 is 2.57 bits per heavy atom. The van der Waals surface area contributed by atoms with E-state index in [0.29, 0.717) is 45.7 Å². The SMILES string of the molecule is C=CCc1cc(C=Nn2c(-c3cc4ccccc4o3)nc3ccccc3c2=O)cc(OC)c1OCc1ccc([N+](=O)[O-])cc1. The van der Waals surface area contributed by atoms with Gasteiger partial charge < -0.3 is 13.9 Å². The zero-order valence-corrected chi connectivity index (χ0v) is 23.7. The Bertz CT molecular complexity index is 2080. The molecule has 0 unspecified atom stereocenters. The number of nitro groups is 1. The van der Waals surface area contributed by atoms with E-state index in [1.54, 1.807) is 48.7 Å². The predicted molar refractivity (Wildman–Crippen MR) is 169 cm³/mol. The van der Waals surface area contributed by atoms with Gasteiger partial charge in [0.05, 0.1) is 29.2 Å². The lowest BCUT2D eigenvalue weighted by atomic mass is 10.1. The summed E-state index contributed by atoms with van der Waals surface area (Å²) >= 11 is 0. The lowest BCUT2D eigenvalue weighted by molar-refractivity contribution is -0.384. The van der Waals surface area contributed by atoms with Crippen LogP contribution in [0.5, 0.6) is 11.5 Å². The molecule has 0 amide bonds. The van der Waals surface area contributed by atoms with Crippen molar-refractivity contribution in [1.29, 1.82) is 0 Å². The maximum Gasteiger partial charge on any atom is 0.282 e. The van der Waals surface area contributed by atoms with E-state index in [2.05, 4.69) is 11.7 Å². The van der Waals surface area contributed by atoms with Crippen molar-refractivity contribution in [1.82, 2.24) is 9.66 Å². The van der Waals surface area contributed by atoms with Crippen LogP contribution in [0.2, 0.25) is 0 Å². The summed E-state index contributed by atoms with van der Waals surface area (Å²) in [7, 11) is 1.53. The molecule has 0 N–H and O–H groups in total. The summed E-state index contributed by atoms with van der Waals surface area (Å²) in [5, 5.41) is 16.9. The summed E-state index contributed by atoms with van der Waals surface area (Å²) in [5.41, 5.74) is 3.05. The van der Waals surface area contributed by atoms with E-state index in [9.17, 15) is 14.9 Å². The van der Waals surface area contributed by atoms with E-state index >= 15 is 0 Å². The van der Waals surface area contributed by atoms with Crippen molar-refractivity contribution in [3.05, 3.63) is 141 Å². The maximum atomic E-state index is 13.7. The number of rotatable bonds is 10. The molecule has 0 bridgehead atoms. The number of hydrogen-bond donors (Lipinski definition) is 0. The standard InChI is InChI=1S/C34H26N4O6/c1-3-8-25-17-23(18-30(42-2)32(25)43-21-22-13-15-26(16-14-22)38(40)41)20-35-37-33(31-19-24-9-4-7-12-29(24)44-31)36-28-11-6-5-10-27(28)34(37)39/h3-7,9-20H,1,8,21H2,2H3. The molecule has 6 aromatic rings. The highest BCUT2D eigenvalue weighted by Crippen LogP contribution is 2.34. The first-order chi connectivity index (χ1) is 21.4. The normalized spacial score (nSPS) is 11.3. The first-order valence-electron chi connectivity index (χ1n) is 13.7. The van der Waals surface area contributed by atoms with E-state index in [4.69, 9.17) is 18.9 Å². The summed E-state index contributed by atoms with van der Waals surface area (Å²) in [5.74, 6) is 1.64. The van der Waals surface area contributed by atoms with Gasteiger partial charge in [0, 0.05) is 23.1 Å². The average molecular weight is 587 g/mol. The van der Waals surface area contributed by atoms with E-state index in [0.717, 1.165) is 16.5 Å². The minimum absolute atomic E-state index is 0.00603. The second-order valence-corrected chi connectivity index (χ2v) is 9.88. The first-order valence-corrected chi connectivity index (χ1v) is 13.7. The molecule has 4 aromatic carbocycles. The number of furan rings is 1. The van der Waals surface area contributed by atoms with Crippen molar-refractivity contribution < 1.29 is 18.8 Å². The fraction of sp³-hybridized carbons (Fsp3) is 0.0882. The van der Waals surface area contributed by atoms with Crippen molar-refractivity contribution in [2.45, 2.75) is 13.0 Å². The van der Waals surface area contributed by atoms with Gasteiger partial charge in [-0.15, -0.1) is 6.58 Å². The van der Waals surface area contributed by atoms with Gasteiger partial charge in [-0.2, -0.15) is 9.78 Å². The van der Waals surface area contributed by atoms with Gasteiger partial charge in [-0.1, -0.05) is 36.4 Å². The maximum absolute atomic E-state index is 13.7. The van der Waals surface area contributed by atoms with Gasteiger partial charge in [0.15, 0.2) is 17.3 Å². The Morgan fingerprint density at radius 2 is 1.82 bits per heavy atom. The minimum Gasteiger partial charge on any atom is -0.493 e. The van der Waals surface area contributed by atoms with E-state index in [1.165, 1.54) is 23.9 Å². The Morgan fingerprint density at radius 1 is 1.05 bits per heavy atom. The molecule has 0 spiro atoms. The minimum atomic E-state index is -0.447. The van der Waals surface area contributed by atoms with E-state index in [-0.39, 0.29) is 23.7 Å². The van der Waals surface area contributed by atoms with Gasteiger partial charge in [0.1, 0.15) is 12.2 Å². The van der Waals surface area contributed by atoms with Crippen molar-refractivity contribution >= 4 is 33.8 Å². The van der Waals surface area contributed by atoms with Gasteiger partial charge in [-0.05, 0) is 66.1 Å². The van der Waals surface area contributed by atoms with E-state index < -0.39 is 4.92 Å². The van der Waals surface area contributed by atoms with E-state index in [1.807, 2.05) is 42.5 Å². The van der Waals surface area contributed by atoms with Gasteiger partial charge in [-0.3, -0.25) is 14.9 Å². The lowest BCUT2D eigenvalue weighted by Crippen LogP contribution is -2.20. The third kappa shape index (κ3) is 5.56. The molecule has 44 heavy (non-hydrogen) atoms. The zero-order valence-electron chi connectivity index (χ0n) is 23.7. The molecule has 0 saturated heterocycles. The number of para-hydroxylation sites is 2. The highest BCUT2D eigenvalue weighted by Gasteiger charge is 2.17. The Hall–Kier alpha value is -6.03. The molecular weight excluding hydrogens is 560 g/mol. The van der Waals surface area contributed by atoms with Crippen LogP contribution in [0, 0.1) is 10.1 Å². The van der Waals surface area contributed by atoms with Gasteiger partial charge >= 0.3 is 0 Å². The first kappa shape index (κ1) is 28.1. The molecule has 0 atom stereocenters. The van der Waals surface area contributed by atoms with Crippen LogP contribution in [0.3, 0.4) is 0 Å². The number of benzene rings is 4. The topological polar surface area (TPSA) is 122 Å². The molecule has 218 valence electrons. The van der Waals surface area contributed by atoms with Crippen LogP contribution in [0.4, 0.5) is 5.69 Å². The number of aromatic nitrogens is 2. The fourth-order valence-corrected chi connectivity index (χ4v) is 4.86. The Kier molecular flexibility index (Phi) is 7.71. The lowest BCUT2D eigenvalue weighted by Gasteiger charge is -2.16. The molecule has 0 fully saturated rings. The molecule has 10 heteroatoms. The summed E-state index contributed by atoms with van der Waals surface area (Å²) in [6.45, 7) is 4.04. The number of ether oxygens (including phenoxy) is 2. The zero-order chi connectivity index (χ0) is 30.6. The van der Waals surface area contributed by atoms with Crippen molar-refractivity contribution in [2.24, 2.45) is 5.10 Å². The van der Waals surface area contributed by atoms with Crippen LogP contribution in [0.15, 0.2) is 118 Å². The van der Waals surface area contributed by atoms with Crippen molar-refractivity contribution in [2.75, 3.05) is 7.11 Å². The molecule has 0 aliphatic carbocycles. The predicted octanol–water partition coefficient (Wildman–Crippen LogP) is 6.92. The second kappa shape index (κ2) is 12.1. The van der Waals surface area contributed by atoms with Crippen LogP contribution in [-0.2, 0) is 13.0 Å². The third-order valence-corrected chi connectivity index (χ3v) is 6.99. The molecule has 2 aromatic heterocycles. The molecule has 10 nitrogen and oxygen atoms in total. The van der Waals surface area contributed by atoms with Crippen molar-refractivity contribution in [3.8, 4) is 23.1 Å². The van der Waals surface area contributed by atoms with Crippen LogP contribution >= 0.6 is 0 Å². The van der Waals surface area contributed by atoms with Crippen LogP contribution in [-0.4, -0.2) is 27.9 Å². The number of non-ortho nitro benzene ring substituents is 1. The number of nitro benzene ring substituents is 1. The number of nitrogens with zero attached hydrogens (tertiary/aromatic N) is 4. The molecule has 0 aliphatic rings. The highest BCUT2D eigenvalue weighted by molar-refractivity contribution is 5.85. The number of hydrogen-bond acceptors (Lipinski definition) is 8. The summed E-state index contributed by atoms with van der Waals surface area (Å²) in [6.07, 6.45) is 3.76. The average Bonchev–Trinajstić information content (AvgIpc) is 3.48. The molecule has 0 radical (unpaired) electrons. The molecular formula is C34H26N4O6. The summed E-state index contributed by atoms with van der Waals surface area (Å²) in [6, 6.07) is 26.3. The third-order valence-electron chi connectivity index (χ3n) is 6.99. The fourth-order valence-electron chi connectivity index (χ4n) is 4.86. The molecule has 2 heterocycles. The Labute approximate surface area is 251 Å².